The topological polar surface area (TPSA) is 56.5 Å². The predicted molar refractivity (Wildman–Crippen MR) is 150 cm³/mol. The van der Waals surface area contributed by atoms with Crippen LogP contribution < -0.4 is 10.3 Å². The minimum atomic E-state index is -0.226. The second kappa shape index (κ2) is 11.2. The number of nitrogens with zero attached hydrogens (tertiary/aromatic N) is 3. The van der Waals surface area contributed by atoms with E-state index < -0.39 is 0 Å². The van der Waals surface area contributed by atoms with Gasteiger partial charge in [0.05, 0.1) is 26.6 Å². The Kier molecular flexibility index (Phi) is 8.32. The average molecular weight is 638 g/mol. The number of hydrogen-bond acceptors (Lipinski definition) is 4. The van der Waals surface area contributed by atoms with Crippen molar-refractivity contribution in [2.45, 2.75) is 32.8 Å². The first-order valence-corrected chi connectivity index (χ1v) is 13.2. The van der Waals surface area contributed by atoms with Crippen LogP contribution in [0.4, 0.5) is 0 Å². The summed E-state index contributed by atoms with van der Waals surface area (Å²) >= 11 is 19.4. The van der Waals surface area contributed by atoms with Crippen LogP contribution in [0.15, 0.2) is 73.4 Å². The first-order chi connectivity index (χ1) is 16.8. The molecule has 4 rings (SSSR count). The monoisotopic (exact) mass is 635 g/mol. The number of aromatic nitrogens is 2. The van der Waals surface area contributed by atoms with Gasteiger partial charge >= 0.3 is 0 Å². The van der Waals surface area contributed by atoms with Gasteiger partial charge in [-0.25, -0.2) is 4.98 Å². The normalized spacial score (nSPS) is 12.4. The molecule has 9 heteroatoms. The maximum atomic E-state index is 13.3. The summed E-state index contributed by atoms with van der Waals surface area (Å²) in [6, 6.07) is 16.5. The van der Waals surface area contributed by atoms with Gasteiger partial charge in [0.15, 0.2) is 5.75 Å². The van der Waals surface area contributed by atoms with Gasteiger partial charge in [-0.2, -0.15) is 9.78 Å². The van der Waals surface area contributed by atoms with Crippen molar-refractivity contribution in [1.82, 2.24) is 9.66 Å². The molecule has 0 N–H and O–H groups in total. The Hall–Kier alpha value is -2.19. The molecule has 0 fully saturated rings. The maximum absolute atomic E-state index is 13.3. The lowest BCUT2D eigenvalue weighted by molar-refractivity contribution is 0.304. The first kappa shape index (κ1) is 25.9. The summed E-state index contributed by atoms with van der Waals surface area (Å²) < 4.78 is 8.77. The molecular weight excluding hydrogens is 617 g/mol. The molecule has 1 aromatic heterocycles. The molecule has 3 aromatic carbocycles. The smallest absolute Gasteiger partial charge is 0.282 e. The molecule has 0 spiro atoms. The third-order valence-corrected chi connectivity index (χ3v) is 7.14. The van der Waals surface area contributed by atoms with Crippen molar-refractivity contribution in [3.63, 3.8) is 0 Å². The molecule has 0 unspecified atom stereocenters. The van der Waals surface area contributed by atoms with Gasteiger partial charge in [0.25, 0.3) is 5.56 Å². The quantitative estimate of drug-likeness (QED) is 0.192. The Labute approximate surface area is 230 Å². The molecule has 0 radical (unpaired) electrons. The molecular formula is C26H21Br2Cl2N3O2. The van der Waals surface area contributed by atoms with Gasteiger partial charge in [-0.05, 0) is 75.9 Å². The Morgan fingerprint density at radius 3 is 2.54 bits per heavy atom. The van der Waals surface area contributed by atoms with Crippen LogP contribution in [0.1, 0.15) is 43.1 Å². The molecule has 4 aromatic rings. The van der Waals surface area contributed by atoms with E-state index in [2.05, 4.69) is 43.9 Å². The predicted octanol–water partition coefficient (Wildman–Crippen LogP) is 8.20. The first-order valence-electron chi connectivity index (χ1n) is 10.9. The van der Waals surface area contributed by atoms with Gasteiger partial charge in [0.2, 0.25) is 0 Å². The van der Waals surface area contributed by atoms with Crippen LogP contribution in [0.2, 0.25) is 10.0 Å². The Balaban J connectivity index is 1.66. The minimum absolute atomic E-state index is 0.0480. The molecule has 1 atom stereocenters. The molecule has 0 saturated carbocycles. The fourth-order valence-electron chi connectivity index (χ4n) is 3.43. The number of halogens is 4. The van der Waals surface area contributed by atoms with Gasteiger partial charge in [-0.1, -0.05) is 65.1 Å². The molecule has 35 heavy (non-hydrogen) atoms. The van der Waals surface area contributed by atoms with E-state index in [0.717, 1.165) is 16.5 Å². The van der Waals surface area contributed by atoms with E-state index >= 15 is 0 Å². The van der Waals surface area contributed by atoms with E-state index in [4.69, 9.17) is 32.9 Å². The zero-order chi connectivity index (χ0) is 25.1. The summed E-state index contributed by atoms with van der Waals surface area (Å²) in [6.07, 6.45) is 2.42. The van der Waals surface area contributed by atoms with E-state index in [1.165, 1.54) is 4.68 Å². The molecule has 1 heterocycles. The largest absolute Gasteiger partial charge is 0.486 e. The van der Waals surface area contributed by atoms with Crippen molar-refractivity contribution >= 4 is 72.2 Å². The maximum Gasteiger partial charge on any atom is 0.282 e. The van der Waals surface area contributed by atoms with Gasteiger partial charge in [-0.15, -0.1) is 0 Å². The molecule has 5 nitrogen and oxygen atoms in total. The van der Waals surface area contributed by atoms with Gasteiger partial charge in [0.1, 0.15) is 12.4 Å². The van der Waals surface area contributed by atoms with E-state index in [-0.39, 0.29) is 11.5 Å². The number of fused-ring (bicyclic) bond motifs is 1. The minimum Gasteiger partial charge on any atom is -0.486 e. The van der Waals surface area contributed by atoms with Crippen LogP contribution in [0.3, 0.4) is 0 Å². The van der Waals surface area contributed by atoms with E-state index in [1.807, 2.05) is 49.4 Å². The van der Waals surface area contributed by atoms with E-state index in [1.54, 1.807) is 18.3 Å². The van der Waals surface area contributed by atoms with Crippen LogP contribution >= 0.6 is 55.1 Å². The molecule has 0 bridgehead atoms. The SMILES string of the molecule is CC[C@@H](C)c1nc2ccc(Br)cc2c(=O)n1N=Cc1cc(Cl)c(OCc2ccc(Cl)cc2)c(Br)c1. The van der Waals surface area contributed by atoms with Crippen molar-refractivity contribution in [3.8, 4) is 5.75 Å². The molecule has 0 amide bonds. The zero-order valence-corrected chi connectivity index (χ0v) is 23.6. The van der Waals surface area contributed by atoms with Crippen LogP contribution in [0, 0.1) is 0 Å². The zero-order valence-electron chi connectivity index (χ0n) is 18.9. The molecule has 0 aliphatic carbocycles. The van der Waals surface area contributed by atoms with E-state index in [0.29, 0.717) is 49.2 Å². The number of hydrogen-bond donors (Lipinski definition) is 0. The summed E-state index contributed by atoms with van der Waals surface area (Å²) in [5.74, 6) is 1.18. The van der Waals surface area contributed by atoms with Crippen LogP contribution in [0.5, 0.6) is 5.75 Å². The molecule has 0 aliphatic heterocycles. The number of ether oxygens (including phenoxy) is 1. The number of benzene rings is 3. The van der Waals surface area contributed by atoms with Crippen molar-refractivity contribution in [2.75, 3.05) is 0 Å². The summed E-state index contributed by atoms with van der Waals surface area (Å²) in [6.45, 7) is 4.42. The van der Waals surface area contributed by atoms with Gasteiger partial charge in [0, 0.05) is 15.4 Å². The highest BCUT2D eigenvalue weighted by atomic mass is 79.9. The summed E-state index contributed by atoms with van der Waals surface area (Å²) in [7, 11) is 0. The van der Waals surface area contributed by atoms with Gasteiger partial charge < -0.3 is 4.74 Å². The number of rotatable bonds is 7. The van der Waals surface area contributed by atoms with Crippen molar-refractivity contribution < 1.29 is 4.74 Å². The molecule has 180 valence electrons. The second-order valence-electron chi connectivity index (χ2n) is 8.03. The van der Waals surface area contributed by atoms with Crippen molar-refractivity contribution in [2.24, 2.45) is 5.10 Å². The van der Waals surface area contributed by atoms with Crippen molar-refractivity contribution in [1.29, 1.82) is 0 Å². The van der Waals surface area contributed by atoms with E-state index in [9.17, 15) is 4.79 Å². The van der Waals surface area contributed by atoms with Crippen LogP contribution in [-0.4, -0.2) is 15.9 Å². The lowest BCUT2D eigenvalue weighted by Crippen LogP contribution is -2.23. The summed E-state index contributed by atoms with van der Waals surface area (Å²) in [5, 5.41) is 6.09. The third-order valence-electron chi connectivity index (χ3n) is 5.53. The highest BCUT2D eigenvalue weighted by molar-refractivity contribution is 9.10. The third kappa shape index (κ3) is 5.97. The Morgan fingerprint density at radius 1 is 1.11 bits per heavy atom. The second-order valence-corrected chi connectivity index (χ2v) is 10.6. The standard InChI is InChI=1S/C26H21Br2Cl2N3O2/c1-3-15(2)25-32-23-9-6-18(27)12-20(23)26(34)33(25)31-13-17-10-21(28)24(22(30)11-17)35-14-16-4-7-19(29)8-5-16/h4-13,15H,3,14H2,1-2H3/t15-/m1/s1. The average Bonchev–Trinajstić information content (AvgIpc) is 2.83. The van der Waals surface area contributed by atoms with Crippen LogP contribution in [0.25, 0.3) is 10.9 Å². The molecule has 0 saturated heterocycles. The lowest BCUT2D eigenvalue weighted by atomic mass is 10.1. The molecule has 0 aliphatic rings. The highest BCUT2D eigenvalue weighted by Crippen LogP contribution is 2.35. The Bertz CT molecular complexity index is 1450. The fraction of sp³-hybridized carbons (Fsp3) is 0.192. The Morgan fingerprint density at radius 2 is 1.86 bits per heavy atom. The van der Waals surface area contributed by atoms with Crippen molar-refractivity contribution in [3.05, 3.63) is 101 Å². The summed E-state index contributed by atoms with van der Waals surface area (Å²) in [5.41, 5.74) is 2.09. The van der Waals surface area contributed by atoms with Crippen LogP contribution in [-0.2, 0) is 6.61 Å². The fourth-order valence-corrected chi connectivity index (χ4v) is 4.91. The highest BCUT2D eigenvalue weighted by Gasteiger charge is 2.16. The van der Waals surface area contributed by atoms with Gasteiger partial charge in [-0.3, -0.25) is 4.79 Å². The lowest BCUT2D eigenvalue weighted by Gasteiger charge is -2.14. The summed E-state index contributed by atoms with van der Waals surface area (Å²) in [4.78, 5) is 18.0.